The van der Waals surface area contributed by atoms with Gasteiger partial charge in [-0.05, 0) is 67.6 Å². The number of furan rings is 1. The molecule has 0 radical (unpaired) electrons. The third-order valence-electron chi connectivity index (χ3n) is 4.14. The van der Waals surface area contributed by atoms with Crippen LogP contribution in [0.2, 0.25) is 5.02 Å². The lowest BCUT2D eigenvalue weighted by molar-refractivity contribution is 0.0948. The maximum atomic E-state index is 12.4. The van der Waals surface area contributed by atoms with Gasteiger partial charge in [0.1, 0.15) is 11.5 Å². The van der Waals surface area contributed by atoms with Crippen molar-refractivity contribution in [3.8, 4) is 22.8 Å². The van der Waals surface area contributed by atoms with Gasteiger partial charge in [-0.1, -0.05) is 16.8 Å². The zero-order valence-electron chi connectivity index (χ0n) is 15.0. The number of nitrogens with one attached hydrogen (secondary N) is 1. The molecule has 1 amide bonds. The molecule has 0 aliphatic carbocycles. The monoisotopic (exact) mass is 393 g/mol. The highest BCUT2D eigenvalue weighted by atomic mass is 35.5. The Bertz CT molecular complexity index is 1100. The average molecular weight is 394 g/mol. The third-order valence-corrected chi connectivity index (χ3v) is 4.39. The van der Waals surface area contributed by atoms with Crippen LogP contribution in [0.5, 0.6) is 0 Å². The van der Waals surface area contributed by atoms with Gasteiger partial charge < -0.3 is 14.3 Å². The summed E-state index contributed by atoms with van der Waals surface area (Å²) in [6, 6.07) is 18.1. The van der Waals surface area contributed by atoms with E-state index in [9.17, 15) is 4.79 Å². The fraction of sp³-hybridized carbons (Fsp3) is 0.0952. The highest BCUT2D eigenvalue weighted by Crippen LogP contribution is 2.24. The summed E-state index contributed by atoms with van der Waals surface area (Å²) in [6.07, 6.45) is 0. The first-order valence-electron chi connectivity index (χ1n) is 8.62. The maximum Gasteiger partial charge on any atom is 0.257 e. The number of aryl methyl sites for hydroxylation is 1. The number of aromatic nitrogens is 2. The zero-order chi connectivity index (χ0) is 19.5. The van der Waals surface area contributed by atoms with Crippen molar-refractivity contribution in [1.29, 1.82) is 0 Å². The first-order chi connectivity index (χ1) is 13.6. The topological polar surface area (TPSA) is 81.2 Å². The molecule has 7 heteroatoms. The van der Waals surface area contributed by atoms with E-state index in [1.54, 1.807) is 43.3 Å². The molecule has 1 N–H and O–H groups in total. The molecule has 2 aromatic carbocycles. The van der Waals surface area contributed by atoms with E-state index in [0.29, 0.717) is 28.1 Å². The second-order valence-electron chi connectivity index (χ2n) is 6.18. The fourth-order valence-corrected chi connectivity index (χ4v) is 2.82. The Morgan fingerprint density at radius 2 is 1.71 bits per heavy atom. The van der Waals surface area contributed by atoms with Crippen molar-refractivity contribution in [2.45, 2.75) is 13.5 Å². The molecule has 0 aliphatic rings. The SMILES string of the molecule is Cc1noc(-c2ccc(C(=O)NCc3ccc(-c4ccc(Cl)cc4)o3)cc2)n1. The predicted molar refractivity (Wildman–Crippen MR) is 105 cm³/mol. The van der Waals surface area contributed by atoms with Gasteiger partial charge in [0.2, 0.25) is 0 Å². The smallest absolute Gasteiger partial charge is 0.257 e. The lowest BCUT2D eigenvalue weighted by Gasteiger charge is -2.04. The van der Waals surface area contributed by atoms with E-state index >= 15 is 0 Å². The number of carbonyl (C=O) groups is 1. The Labute approximate surface area is 166 Å². The van der Waals surface area contributed by atoms with Gasteiger partial charge >= 0.3 is 0 Å². The first-order valence-corrected chi connectivity index (χ1v) is 9.00. The zero-order valence-corrected chi connectivity index (χ0v) is 15.7. The molecule has 0 unspecified atom stereocenters. The molecule has 0 atom stereocenters. The molecule has 0 aliphatic heterocycles. The molecule has 140 valence electrons. The summed E-state index contributed by atoms with van der Waals surface area (Å²) in [6.45, 7) is 2.04. The fourth-order valence-electron chi connectivity index (χ4n) is 2.69. The van der Waals surface area contributed by atoms with Crippen LogP contribution in [0.25, 0.3) is 22.8 Å². The van der Waals surface area contributed by atoms with Crippen molar-refractivity contribution >= 4 is 17.5 Å². The minimum Gasteiger partial charge on any atom is -0.459 e. The number of amides is 1. The third kappa shape index (κ3) is 3.97. The van der Waals surface area contributed by atoms with Crippen LogP contribution in [0.1, 0.15) is 21.9 Å². The summed E-state index contributed by atoms with van der Waals surface area (Å²) in [7, 11) is 0. The van der Waals surface area contributed by atoms with Crippen LogP contribution in [-0.2, 0) is 6.54 Å². The number of benzene rings is 2. The van der Waals surface area contributed by atoms with Crippen molar-refractivity contribution in [3.05, 3.63) is 82.8 Å². The lowest BCUT2D eigenvalue weighted by atomic mass is 10.1. The molecule has 2 aromatic heterocycles. The standard InChI is InChI=1S/C21H16ClN3O3/c1-13-24-21(28-25-13)16-4-2-15(3-5-16)20(26)23-12-18-10-11-19(27-18)14-6-8-17(22)9-7-14/h2-11H,12H2,1H3,(H,23,26). The summed E-state index contributed by atoms with van der Waals surface area (Å²) in [4.78, 5) is 16.5. The van der Waals surface area contributed by atoms with Gasteiger partial charge in [-0.2, -0.15) is 4.98 Å². The van der Waals surface area contributed by atoms with Crippen LogP contribution in [0, 0.1) is 6.92 Å². The van der Waals surface area contributed by atoms with E-state index in [1.165, 1.54) is 0 Å². The Morgan fingerprint density at radius 1 is 1.00 bits per heavy atom. The van der Waals surface area contributed by atoms with Crippen molar-refractivity contribution in [3.63, 3.8) is 0 Å². The molecular formula is C21H16ClN3O3. The van der Waals surface area contributed by atoms with Gasteiger partial charge in [0, 0.05) is 21.7 Å². The van der Waals surface area contributed by atoms with Gasteiger partial charge in [-0.3, -0.25) is 4.79 Å². The summed E-state index contributed by atoms with van der Waals surface area (Å²) in [5.74, 6) is 2.18. The van der Waals surface area contributed by atoms with Crippen LogP contribution < -0.4 is 5.32 Å². The molecule has 4 rings (SSSR count). The second-order valence-corrected chi connectivity index (χ2v) is 6.62. The number of hydrogen-bond donors (Lipinski definition) is 1. The highest BCUT2D eigenvalue weighted by Gasteiger charge is 2.11. The first kappa shape index (κ1) is 18.0. The minimum absolute atomic E-state index is 0.197. The number of carbonyl (C=O) groups excluding carboxylic acids is 1. The summed E-state index contributed by atoms with van der Waals surface area (Å²) in [5, 5.41) is 7.28. The summed E-state index contributed by atoms with van der Waals surface area (Å²) >= 11 is 5.90. The molecule has 0 saturated carbocycles. The number of nitrogens with zero attached hydrogens (tertiary/aromatic N) is 2. The Morgan fingerprint density at radius 3 is 2.39 bits per heavy atom. The second kappa shape index (κ2) is 7.70. The largest absolute Gasteiger partial charge is 0.459 e. The molecule has 0 spiro atoms. The normalized spacial score (nSPS) is 10.8. The van der Waals surface area contributed by atoms with Crippen LogP contribution >= 0.6 is 11.6 Å². The lowest BCUT2D eigenvalue weighted by Crippen LogP contribution is -2.22. The Balaban J connectivity index is 1.38. The molecule has 6 nitrogen and oxygen atoms in total. The van der Waals surface area contributed by atoms with E-state index in [2.05, 4.69) is 15.5 Å². The molecule has 0 bridgehead atoms. The van der Waals surface area contributed by atoms with Crippen molar-refractivity contribution in [1.82, 2.24) is 15.5 Å². The molecule has 4 aromatic rings. The van der Waals surface area contributed by atoms with E-state index in [1.807, 2.05) is 24.3 Å². The van der Waals surface area contributed by atoms with Gasteiger partial charge in [0.15, 0.2) is 5.82 Å². The Kier molecular flexibility index (Phi) is 4.95. The van der Waals surface area contributed by atoms with Crippen LogP contribution in [-0.4, -0.2) is 16.0 Å². The van der Waals surface area contributed by atoms with Crippen LogP contribution in [0.3, 0.4) is 0 Å². The predicted octanol–water partition coefficient (Wildman–Crippen LogP) is 4.89. The number of rotatable bonds is 5. The molecule has 0 saturated heterocycles. The molecular weight excluding hydrogens is 378 g/mol. The molecule has 28 heavy (non-hydrogen) atoms. The van der Waals surface area contributed by atoms with Gasteiger partial charge in [-0.25, -0.2) is 0 Å². The number of halogens is 1. The molecule has 2 heterocycles. The van der Waals surface area contributed by atoms with E-state index in [-0.39, 0.29) is 12.5 Å². The highest BCUT2D eigenvalue weighted by molar-refractivity contribution is 6.30. The van der Waals surface area contributed by atoms with Crippen LogP contribution in [0.15, 0.2) is 69.6 Å². The van der Waals surface area contributed by atoms with Crippen molar-refractivity contribution in [2.24, 2.45) is 0 Å². The van der Waals surface area contributed by atoms with Gasteiger partial charge in [-0.15, -0.1) is 0 Å². The van der Waals surface area contributed by atoms with E-state index in [0.717, 1.165) is 16.9 Å². The van der Waals surface area contributed by atoms with Gasteiger partial charge in [0.05, 0.1) is 6.54 Å². The quantitative estimate of drug-likeness (QED) is 0.522. The van der Waals surface area contributed by atoms with Crippen LogP contribution in [0.4, 0.5) is 0 Å². The average Bonchev–Trinajstić information content (AvgIpc) is 3.36. The van der Waals surface area contributed by atoms with Crippen molar-refractivity contribution < 1.29 is 13.7 Å². The van der Waals surface area contributed by atoms with E-state index < -0.39 is 0 Å². The summed E-state index contributed by atoms with van der Waals surface area (Å²) < 4.78 is 10.9. The van der Waals surface area contributed by atoms with Crippen molar-refractivity contribution in [2.75, 3.05) is 0 Å². The van der Waals surface area contributed by atoms with E-state index in [4.69, 9.17) is 20.5 Å². The molecule has 0 fully saturated rings. The Hall–Kier alpha value is -3.38. The maximum absolute atomic E-state index is 12.4. The minimum atomic E-state index is -0.197. The number of hydrogen-bond acceptors (Lipinski definition) is 5. The summed E-state index contributed by atoms with van der Waals surface area (Å²) in [5.41, 5.74) is 2.22. The van der Waals surface area contributed by atoms with Gasteiger partial charge in [0.25, 0.3) is 11.8 Å².